The molecule has 104 valence electrons. The number of aryl methyl sites for hydroxylation is 1. The molecule has 0 radical (unpaired) electrons. The lowest BCUT2D eigenvalue weighted by Crippen LogP contribution is -2.11. The molecule has 0 unspecified atom stereocenters. The zero-order valence-electron chi connectivity index (χ0n) is 11.9. The SMILES string of the molecule is Cc1ccc(NC(=O)c2ccc(C(C)C)cc2)cc1Br. The summed E-state index contributed by atoms with van der Waals surface area (Å²) in [6, 6.07) is 13.5. The Morgan fingerprint density at radius 1 is 1.10 bits per heavy atom. The Hall–Kier alpha value is -1.61. The van der Waals surface area contributed by atoms with Crippen LogP contribution in [0, 0.1) is 6.92 Å². The summed E-state index contributed by atoms with van der Waals surface area (Å²) in [5, 5.41) is 2.91. The van der Waals surface area contributed by atoms with Gasteiger partial charge in [-0.2, -0.15) is 0 Å². The van der Waals surface area contributed by atoms with Gasteiger partial charge in [0, 0.05) is 15.7 Å². The Bertz CT molecular complexity index is 617. The van der Waals surface area contributed by atoms with Gasteiger partial charge in [0.05, 0.1) is 0 Å². The molecule has 0 aliphatic rings. The molecular weight excluding hydrogens is 314 g/mol. The minimum Gasteiger partial charge on any atom is -0.322 e. The van der Waals surface area contributed by atoms with Crippen molar-refractivity contribution in [3.8, 4) is 0 Å². The van der Waals surface area contributed by atoms with Gasteiger partial charge in [-0.3, -0.25) is 4.79 Å². The number of hydrogen-bond donors (Lipinski definition) is 1. The molecule has 2 aromatic rings. The Kier molecular flexibility index (Phi) is 4.61. The monoisotopic (exact) mass is 331 g/mol. The molecule has 1 N–H and O–H groups in total. The van der Waals surface area contributed by atoms with Crippen molar-refractivity contribution < 1.29 is 4.79 Å². The second kappa shape index (κ2) is 6.23. The average Bonchev–Trinajstić information content (AvgIpc) is 2.43. The van der Waals surface area contributed by atoms with Gasteiger partial charge in [-0.1, -0.05) is 48.0 Å². The van der Waals surface area contributed by atoms with E-state index in [0.29, 0.717) is 11.5 Å². The Morgan fingerprint density at radius 2 is 1.75 bits per heavy atom. The fourth-order valence-corrected chi connectivity index (χ4v) is 2.27. The van der Waals surface area contributed by atoms with Gasteiger partial charge in [-0.15, -0.1) is 0 Å². The van der Waals surface area contributed by atoms with Gasteiger partial charge in [0.15, 0.2) is 0 Å². The number of anilines is 1. The number of carbonyl (C=O) groups excluding carboxylic acids is 1. The van der Waals surface area contributed by atoms with Crippen LogP contribution in [0.3, 0.4) is 0 Å². The summed E-state index contributed by atoms with van der Waals surface area (Å²) in [6.07, 6.45) is 0. The van der Waals surface area contributed by atoms with E-state index in [-0.39, 0.29) is 5.91 Å². The maximum atomic E-state index is 12.2. The second-order valence-electron chi connectivity index (χ2n) is 5.19. The van der Waals surface area contributed by atoms with Crippen LogP contribution in [-0.2, 0) is 0 Å². The van der Waals surface area contributed by atoms with E-state index >= 15 is 0 Å². The number of nitrogens with one attached hydrogen (secondary N) is 1. The van der Waals surface area contributed by atoms with Gasteiger partial charge in [-0.25, -0.2) is 0 Å². The molecule has 3 heteroatoms. The predicted molar refractivity (Wildman–Crippen MR) is 87.4 cm³/mol. The zero-order valence-corrected chi connectivity index (χ0v) is 13.5. The molecule has 2 aromatic carbocycles. The lowest BCUT2D eigenvalue weighted by molar-refractivity contribution is 0.102. The van der Waals surface area contributed by atoms with Gasteiger partial charge < -0.3 is 5.32 Å². The quantitative estimate of drug-likeness (QED) is 0.829. The first-order valence-corrected chi connectivity index (χ1v) is 7.44. The molecule has 1 amide bonds. The standard InChI is InChI=1S/C17H18BrNO/c1-11(2)13-5-7-14(8-6-13)17(20)19-15-9-4-12(3)16(18)10-15/h4-11H,1-3H3,(H,19,20). The van der Waals surface area contributed by atoms with Crippen LogP contribution in [0.15, 0.2) is 46.9 Å². The molecule has 0 saturated heterocycles. The number of benzene rings is 2. The summed E-state index contributed by atoms with van der Waals surface area (Å²) >= 11 is 3.47. The van der Waals surface area contributed by atoms with E-state index in [1.54, 1.807) is 0 Å². The summed E-state index contributed by atoms with van der Waals surface area (Å²) in [5.74, 6) is 0.385. The van der Waals surface area contributed by atoms with Crippen molar-refractivity contribution in [1.29, 1.82) is 0 Å². The first kappa shape index (κ1) is 14.8. The van der Waals surface area contributed by atoms with E-state index in [4.69, 9.17) is 0 Å². The summed E-state index contributed by atoms with van der Waals surface area (Å²) in [6.45, 7) is 6.29. The Balaban J connectivity index is 2.13. The van der Waals surface area contributed by atoms with Crippen LogP contribution >= 0.6 is 15.9 Å². The van der Waals surface area contributed by atoms with Crippen molar-refractivity contribution >= 4 is 27.5 Å². The third-order valence-electron chi connectivity index (χ3n) is 3.27. The van der Waals surface area contributed by atoms with Crippen molar-refractivity contribution in [2.24, 2.45) is 0 Å². The number of rotatable bonds is 3. The molecule has 0 spiro atoms. The minimum absolute atomic E-state index is 0.0870. The largest absolute Gasteiger partial charge is 0.322 e. The lowest BCUT2D eigenvalue weighted by Gasteiger charge is -2.09. The van der Waals surface area contributed by atoms with Crippen LogP contribution in [0.1, 0.15) is 41.3 Å². The van der Waals surface area contributed by atoms with E-state index in [1.165, 1.54) is 5.56 Å². The highest BCUT2D eigenvalue weighted by atomic mass is 79.9. The van der Waals surface area contributed by atoms with Gasteiger partial charge in [0.2, 0.25) is 0 Å². The number of hydrogen-bond acceptors (Lipinski definition) is 1. The van der Waals surface area contributed by atoms with Crippen LogP contribution in [0.5, 0.6) is 0 Å². The van der Waals surface area contributed by atoms with E-state index in [2.05, 4.69) is 35.1 Å². The number of amides is 1. The molecule has 0 aliphatic heterocycles. The fraction of sp³-hybridized carbons (Fsp3) is 0.235. The smallest absolute Gasteiger partial charge is 0.255 e. The average molecular weight is 332 g/mol. The van der Waals surface area contributed by atoms with Gasteiger partial charge >= 0.3 is 0 Å². The Morgan fingerprint density at radius 3 is 2.30 bits per heavy atom. The highest BCUT2D eigenvalue weighted by Crippen LogP contribution is 2.21. The summed E-state index contributed by atoms with van der Waals surface area (Å²) < 4.78 is 0.991. The van der Waals surface area contributed by atoms with Crippen LogP contribution < -0.4 is 5.32 Å². The normalized spacial score (nSPS) is 10.7. The van der Waals surface area contributed by atoms with Gasteiger partial charge in [0.1, 0.15) is 0 Å². The highest BCUT2D eigenvalue weighted by Gasteiger charge is 2.07. The van der Waals surface area contributed by atoms with E-state index in [9.17, 15) is 4.79 Å². The summed E-state index contributed by atoms with van der Waals surface area (Å²) in [7, 11) is 0. The van der Waals surface area contributed by atoms with E-state index < -0.39 is 0 Å². The summed E-state index contributed by atoms with van der Waals surface area (Å²) in [5.41, 5.74) is 3.84. The molecule has 20 heavy (non-hydrogen) atoms. The molecule has 2 nitrogen and oxygen atoms in total. The molecule has 0 aliphatic carbocycles. The van der Waals surface area contributed by atoms with Crippen molar-refractivity contribution in [2.45, 2.75) is 26.7 Å². The fourth-order valence-electron chi connectivity index (χ4n) is 1.89. The van der Waals surface area contributed by atoms with E-state index in [1.807, 2.05) is 49.4 Å². The number of carbonyl (C=O) groups is 1. The van der Waals surface area contributed by atoms with Crippen molar-refractivity contribution in [3.63, 3.8) is 0 Å². The van der Waals surface area contributed by atoms with Crippen LogP contribution in [-0.4, -0.2) is 5.91 Å². The maximum absolute atomic E-state index is 12.2. The molecule has 0 fully saturated rings. The zero-order chi connectivity index (χ0) is 14.7. The predicted octanol–water partition coefficient (Wildman–Crippen LogP) is 5.13. The second-order valence-corrected chi connectivity index (χ2v) is 6.05. The third kappa shape index (κ3) is 3.48. The lowest BCUT2D eigenvalue weighted by atomic mass is 10.0. The molecule has 0 saturated carbocycles. The Labute approximate surface area is 128 Å². The third-order valence-corrected chi connectivity index (χ3v) is 4.12. The van der Waals surface area contributed by atoms with Crippen LogP contribution in [0.2, 0.25) is 0 Å². The molecule has 0 heterocycles. The molecule has 0 atom stereocenters. The first-order chi connectivity index (χ1) is 9.47. The topological polar surface area (TPSA) is 29.1 Å². The molecule has 2 rings (SSSR count). The van der Waals surface area contributed by atoms with Crippen molar-refractivity contribution in [1.82, 2.24) is 0 Å². The first-order valence-electron chi connectivity index (χ1n) is 6.65. The van der Waals surface area contributed by atoms with E-state index in [0.717, 1.165) is 15.7 Å². The summed E-state index contributed by atoms with van der Waals surface area (Å²) in [4.78, 5) is 12.2. The van der Waals surface area contributed by atoms with Gasteiger partial charge in [-0.05, 0) is 48.2 Å². The molecule has 0 bridgehead atoms. The highest BCUT2D eigenvalue weighted by molar-refractivity contribution is 9.10. The molecule has 0 aromatic heterocycles. The van der Waals surface area contributed by atoms with Crippen molar-refractivity contribution in [3.05, 3.63) is 63.6 Å². The molecular formula is C17H18BrNO. The minimum atomic E-state index is -0.0870. The number of halogens is 1. The van der Waals surface area contributed by atoms with Crippen LogP contribution in [0.4, 0.5) is 5.69 Å². The van der Waals surface area contributed by atoms with Crippen molar-refractivity contribution in [2.75, 3.05) is 5.32 Å². The maximum Gasteiger partial charge on any atom is 0.255 e. The van der Waals surface area contributed by atoms with Gasteiger partial charge in [0.25, 0.3) is 5.91 Å². The van der Waals surface area contributed by atoms with Crippen LogP contribution in [0.25, 0.3) is 0 Å².